The monoisotopic (exact) mass is 246 g/mol. The first-order chi connectivity index (χ1) is 8.66. The summed E-state index contributed by atoms with van der Waals surface area (Å²) in [4.78, 5) is 21.8. The van der Waals surface area contributed by atoms with Gasteiger partial charge in [-0.2, -0.15) is 0 Å². The summed E-state index contributed by atoms with van der Waals surface area (Å²) in [5.74, 6) is -1.02. The molecule has 0 aliphatic rings. The predicted molar refractivity (Wildman–Crippen MR) is 64.9 cm³/mol. The van der Waals surface area contributed by atoms with E-state index in [1.807, 2.05) is 12.1 Å². The molecule has 0 bridgehead atoms. The van der Waals surface area contributed by atoms with Crippen molar-refractivity contribution in [3.63, 3.8) is 0 Å². The van der Waals surface area contributed by atoms with Crippen molar-refractivity contribution in [3.05, 3.63) is 47.8 Å². The molecule has 0 spiro atoms. The highest BCUT2D eigenvalue weighted by Crippen LogP contribution is 2.11. The van der Waals surface area contributed by atoms with E-state index in [9.17, 15) is 4.79 Å². The Balaban J connectivity index is 2.11. The topological polar surface area (TPSA) is 105 Å². The lowest BCUT2D eigenvalue weighted by atomic mass is 10.1. The molecule has 94 valence electrons. The molecular weight excluding hydrogens is 232 g/mol. The van der Waals surface area contributed by atoms with Crippen molar-refractivity contribution in [2.45, 2.75) is 18.9 Å². The lowest BCUT2D eigenvalue weighted by Crippen LogP contribution is -2.32. The van der Waals surface area contributed by atoms with Gasteiger partial charge in [0, 0.05) is 30.9 Å². The first kappa shape index (κ1) is 12.3. The van der Waals surface area contributed by atoms with Gasteiger partial charge in [0.1, 0.15) is 6.04 Å². The Morgan fingerprint density at radius 1 is 1.44 bits per heavy atom. The Labute approximate surface area is 104 Å². The van der Waals surface area contributed by atoms with Crippen LogP contribution in [0.25, 0.3) is 0 Å². The number of H-pyrrole nitrogens is 1. The zero-order chi connectivity index (χ0) is 13.0. The molecule has 0 saturated heterocycles. The molecule has 0 fully saturated rings. The molecule has 0 aliphatic heterocycles. The fraction of sp³-hybridized carbons (Fsp3) is 0.250. The molecule has 6 nitrogen and oxygen atoms in total. The number of rotatable bonds is 5. The number of carboxylic acids is 1. The molecule has 0 aromatic carbocycles. The van der Waals surface area contributed by atoms with Gasteiger partial charge in [0.05, 0.1) is 12.0 Å². The quantitative estimate of drug-likeness (QED) is 0.706. The maximum absolute atomic E-state index is 10.7. The van der Waals surface area contributed by atoms with E-state index in [4.69, 9.17) is 10.8 Å². The SMILES string of the molecule is NC(Cc1nc[nH]c1Cc1ccncc1)C(=O)O. The standard InChI is InChI=1S/C12H14N4O2/c13-9(12(17)18)6-11-10(15-7-16-11)5-8-1-3-14-4-2-8/h1-4,7,9H,5-6,13H2,(H,15,16)(H,17,18). The van der Waals surface area contributed by atoms with Crippen LogP contribution in [0.4, 0.5) is 0 Å². The maximum Gasteiger partial charge on any atom is 0.320 e. The van der Waals surface area contributed by atoms with E-state index in [-0.39, 0.29) is 6.42 Å². The number of hydrogen-bond donors (Lipinski definition) is 3. The fourth-order valence-electron chi connectivity index (χ4n) is 1.68. The molecule has 1 atom stereocenters. The summed E-state index contributed by atoms with van der Waals surface area (Å²) in [5, 5.41) is 8.79. The van der Waals surface area contributed by atoms with Crippen molar-refractivity contribution >= 4 is 5.97 Å². The minimum Gasteiger partial charge on any atom is -0.480 e. The Morgan fingerprint density at radius 3 is 2.83 bits per heavy atom. The van der Waals surface area contributed by atoms with Crippen LogP contribution in [0.3, 0.4) is 0 Å². The van der Waals surface area contributed by atoms with Gasteiger partial charge >= 0.3 is 5.97 Å². The molecule has 4 N–H and O–H groups in total. The zero-order valence-corrected chi connectivity index (χ0v) is 9.71. The molecule has 2 aromatic rings. The van der Waals surface area contributed by atoms with E-state index >= 15 is 0 Å². The van der Waals surface area contributed by atoms with Crippen LogP contribution >= 0.6 is 0 Å². The Kier molecular flexibility index (Phi) is 3.69. The Morgan fingerprint density at radius 2 is 2.17 bits per heavy atom. The van der Waals surface area contributed by atoms with Crippen LogP contribution in [0.2, 0.25) is 0 Å². The summed E-state index contributed by atoms with van der Waals surface area (Å²) in [6, 6.07) is 2.88. The molecule has 0 radical (unpaired) electrons. The van der Waals surface area contributed by atoms with Gasteiger partial charge in [0.2, 0.25) is 0 Å². The van der Waals surface area contributed by atoms with Crippen LogP contribution in [0.15, 0.2) is 30.9 Å². The van der Waals surface area contributed by atoms with Crippen molar-refractivity contribution in [1.29, 1.82) is 0 Å². The summed E-state index contributed by atoms with van der Waals surface area (Å²) < 4.78 is 0. The number of aromatic nitrogens is 3. The minimum absolute atomic E-state index is 0.221. The van der Waals surface area contributed by atoms with E-state index in [1.165, 1.54) is 0 Å². The predicted octanol–water partition coefficient (Wildman–Crippen LogP) is 0.350. The third kappa shape index (κ3) is 2.92. The number of carboxylic acid groups (broad SMARTS) is 1. The molecule has 2 aromatic heterocycles. The number of nitrogens with zero attached hydrogens (tertiary/aromatic N) is 2. The second kappa shape index (κ2) is 5.42. The average Bonchev–Trinajstić information content (AvgIpc) is 2.78. The number of carbonyl (C=O) groups is 1. The third-order valence-electron chi connectivity index (χ3n) is 2.67. The number of hydrogen-bond acceptors (Lipinski definition) is 4. The van der Waals surface area contributed by atoms with Gasteiger partial charge in [-0.25, -0.2) is 4.98 Å². The van der Waals surface area contributed by atoms with Gasteiger partial charge in [-0.3, -0.25) is 9.78 Å². The average molecular weight is 246 g/mol. The molecule has 1 unspecified atom stereocenters. The molecule has 0 saturated carbocycles. The highest BCUT2D eigenvalue weighted by Gasteiger charge is 2.16. The van der Waals surface area contributed by atoms with Crippen molar-refractivity contribution in [3.8, 4) is 0 Å². The van der Waals surface area contributed by atoms with Crippen molar-refractivity contribution in [2.24, 2.45) is 5.73 Å². The molecule has 2 rings (SSSR count). The molecule has 2 heterocycles. The van der Waals surface area contributed by atoms with Gasteiger partial charge in [0.15, 0.2) is 0 Å². The van der Waals surface area contributed by atoms with Crippen LogP contribution in [0.1, 0.15) is 17.0 Å². The van der Waals surface area contributed by atoms with Crippen LogP contribution in [-0.4, -0.2) is 32.1 Å². The first-order valence-electron chi connectivity index (χ1n) is 5.55. The first-order valence-corrected chi connectivity index (χ1v) is 5.55. The third-order valence-corrected chi connectivity index (χ3v) is 2.67. The zero-order valence-electron chi connectivity index (χ0n) is 9.71. The van der Waals surface area contributed by atoms with Crippen molar-refractivity contribution in [1.82, 2.24) is 15.0 Å². The number of imidazole rings is 1. The van der Waals surface area contributed by atoms with Crippen LogP contribution in [0.5, 0.6) is 0 Å². The lowest BCUT2D eigenvalue weighted by Gasteiger charge is -2.06. The summed E-state index contributed by atoms with van der Waals surface area (Å²) in [5.41, 5.74) is 8.17. The van der Waals surface area contributed by atoms with Crippen molar-refractivity contribution < 1.29 is 9.90 Å². The van der Waals surface area contributed by atoms with Gasteiger partial charge in [-0.15, -0.1) is 0 Å². The van der Waals surface area contributed by atoms with E-state index < -0.39 is 12.0 Å². The number of pyridine rings is 1. The van der Waals surface area contributed by atoms with E-state index in [0.29, 0.717) is 12.1 Å². The van der Waals surface area contributed by atoms with Crippen LogP contribution in [0, 0.1) is 0 Å². The van der Waals surface area contributed by atoms with E-state index in [0.717, 1.165) is 11.3 Å². The number of aromatic amines is 1. The Bertz CT molecular complexity index is 524. The highest BCUT2D eigenvalue weighted by atomic mass is 16.4. The smallest absolute Gasteiger partial charge is 0.320 e. The largest absolute Gasteiger partial charge is 0.480 e. The van der Waals surface area contributed by atoms with Crippen LogP contribution < -0.4 is 5.73 Å². The van der Waals surface area contributed by atoms with Crippen LogP contribution in [-0.2, 0) is 17.6 Å². The maximum atomic E-state index is 10.7. The molecule has 0 aliphatic carbocycles. The Hall–Kier alpha value is -2.21. The summed E-state index contributed by atoms with van der Waals surface area (Å²) in [7, 11) is 0. The lowest BCUT2D eigenvalue weighted by molar-refractivity contribution is -0.138. The number of aliphatic carboxylic acids is 1. The number of nitrogens with one attached hydrogen (secondary N) is 1. The second-order valence-corrected chi connectivity index (χ2v) is 4.01. The summed E-state index contributed by atoms with van der Waals surface area (Å²) >= 11 is 0. The normalized spacial score (nSPS) is 12.3. The second-order valence-electron chi connectivity index (χ2n) is 4.01. The van der Waals surface area contributed by atoms with E-state index in [1.54, 1.807) is 18.7 Å². The van der Waals surface area contributed by atoms with Gasteiger partial charge < -0.3 is 15.8 Å². The molecular formula is C12H14N4O2. The van der Waals surface area contributed by atoms with Gasteiger partial charge in [0.25, 0.3) is 0 Å². The highest BCUT2D eigenvalue weighted by molar-refractivity contribution is 5.73. The molecule has 18 heavy (non-hydrogen) atoms. The van der Waals surface area contributed by atoms with Gasteiger partial charge in [-0.1, -0.05) is 0 Å². The number of nitrogens with two attached hydrogens (primary N) is 1. The van der Waals surface area contributed by atoms with E-state index in [2.05, 4.69) is 15.0 Å². The van der Waals surface area contributed by atoms with Gasteiger partial charge in [-0.05, 0) is 17.7 Å². The summed E-state index contributed by atoms with van der Waals surface area (Å²) in [6.45, 7) is 0. The minimum atomic E-state index is -1.02. The fourth-order valence-corrected chi connectivity index (χ4v) is 1.68. The summed E-state index contributed by atoms with van der Waals surface area (Å²) in [6.07, 6.45) is 5.87. The molecule has 0 amide bonds. The molecule has 6 heteroatoms. The van der Waals surface area contributed by atoms with Crippen molar-refractivity contribution in [2.75, 3.05) is 0 Å².